The van der Waals surface area contributed by atoms with Crippen LogP contribution in [-0.4, -0.2) is 47.8 Å². The molecule has 0 aromatic rings. The molecule has 1 saturated carbocycles. The molecule has 2 atom stereocenters. The molecule has 0 radical (unpaired) electrons. The molecule has 0 amide bonds. The van der Waals surface area contributed by atoms with E-state index in [0.29, 0.717) is 18.7 Å². The van der Waals surface area contributed by atoms with Gasteiger partial charge in [0.2, 0.25) is 0 Å². The largest absolute Gasteiger partial charge is 0.395 e. The van der Waals surface area contributed by atoms with Crippen molar-refractivity contribution in [2.75, 3.05) is 19.7 Å². The number of piperazine rings is 1. The molecule has 1 heterocycles. The average Bonchev–Trinajstić information content (AvgIpc) is 2.57. The SMILES string of the molecule is CC1CNCC(CO)N1C1CCCCCC1. The molecule has 16 heavy (non-hydrogen) atoms. The van der Waals surface area contributed by atoms with E-state index in [1.165, 1.54) is 38.5 Å². The fourth-order valence-electron chi connectivity index (χ4n) is 3.40. The van der Waals surface area contributed by atoms with Crippen molar-refractivity contribution >= 4 is 0 Å². The lowest BCUT2D eigenvalue weighted by molar-refractivity contribution is 0.0201. The maximum atomic E-state index is 9.50. The molecule has 1 aliphatic carbocycles. The van der Waals surface area contributed by atoms with Gasteiger partial charge in [-0.2, -0.15) is 0 Å². The molecule has 2 aliphatic rings. The van der Waals surface area contributed by atoms with Gasteiger partial charge in [0.05, 0.1) is 6.61 Å². The van der Waals surface area contributed by atoms with Gasteiger partial charge in [-0.05, 0) is 19.8 Å². The molecule has 1 aliphatic heterocycles. The van der Waals surface area contributed by atoms with E-state index in [-0.39, 0.29) is 0 Å². The number of aliphatic hydroxyl groups is 1. The van der Waals surface area contributed by atoms with E-state index >= 15 is 0 Å². The number of hydrogen-bond donors (Lipinski definition) is 2. The van der Waals surface area contributed by atoms with Crippen molar-refractivity contribution in [3.8, 4) is 0 Å². The standard InChI is InChI=1S/C13H26N2O/c1-11-8-14-9-13(10-16)15(11)12-6-4-2-3-5-7-12/h11-14,16H,2-10H2,1H3. The van der Waals surface area contributed by atoms with Crippen LogP contribution in [0.5, 0.6) is 0 Å². The van der Waals surface area contributed by atoms with E-state index in [1.807, 2.05) is 0 Å². The lowest BCUT2D eigenvalue weighted by Crippen LogP contribution is -2.60. The summed E-state index contributed by atoms with van der Waals surface area (Å²) >= 11 is 0. The fraction of sp³-hybridized carbons (Fsp3) is 1.00. The van der Waals surface area contributed by atoms with Crippen molar-refractivity contribution in [2.45, 2.75) is 63.6 Å². The van der Waals surface area contributed by atoms with Crippen molar-refractivity contribution in [3.63, 3.8) is 0 Å². The molecule has 1 saturated heterocycles. The summed E-state index contributed by atoms with van der Waals surface area (Å²) < 4.78 is 0. The lowest BCUT2D eigenvalue weighted by Gasteiger charge is -2.45. The molecule has 0 aromatic carbocycles. The van der Waals surface area contributed by atoms with Gasteiger partial charge < -0.3 is 10.4 Å². The molecule has 94 valence electrons. The Kier molecular flexibility index (Phi) is 4.62. The molecular formula is C13H26N2O. The van der Waals surface area contributed by atoms with Crippen molar-refractivity contribution < 1.29 is 5.11 Å². The minimum atomic E-state index is 0.299. The van der Waals surface area contributed by atoms with Crippen LogP contribution in [0.25, 0.3) is 0 Å². The first-order valence-electron chi connectivity index (χ1n) is 6.92. The highest BCUT2D eigenvalue weighted by Crippen LogP contribution is 2.26. The summed E-state index contributed by atoms with van der Waals surface area (Å²) in [6.45, 7) is 4.62. The maximum Gasteiger partial charge on any atom is 0.0599 e. The van der Waals surface area contributed by atoms with Gasteiger partial charge in [-0.25, -0.2) is 0 Å². The first-order chi connectivity index (χ1) is 7.83. The second-order valence-corrected chi connectivity index (χ2v) is 5.44. The van der Waals surface area contributed by atoms with Gasteiger partial charge >= 0.3 is 0 Å². The third-order valence-corrected chi connectivity index (χ3v) is 4.21. The summed E-state index contributed by atoms with van der Waals surface area (Å²) in [6, 6.07) is 1.64. The zero-order valence-corrected chi connectivity index (χ0v) is 10.5. The van der Waals surface area contributed by atoms with Gasteiger partial charge in [0.1, 0.15) is 0 Å². The van der Waals surface area contributed by atoms with Crippen molar-refractivity contribution in [2.24, 2.45) is 0 Å². The topological polar surface area (TPSA) is 35.5 Å². The Morgan fingerprint density at radius 3 is 2.44 bits per heavy atom. The first-order valence-corrected chi connectivity index (χ1v) is 6.92. The molecule has 2 unspecified atom stereocenters. The average molecular weight is 226 g/mol. The van der Waals surface area contributed by atoms with Crippen LogP contribution in [-0.2, 0) is 0 Å². The molecule has 3 heteroatoms. The normalized spacial score (nSPS) is 34.9. The Morgan fingerprint density at radius 2 is 1.81 bits per heavy atom. The monoisotopic (exact) mass is 226 g/mol. The Labute approximate surface area is 99.2 Å². The Hall–Kier alpha value is -0.120. The number of nitrogens with one attached hydrogen (secondary N) is 1. The second-order valence-electron chi connectivity index (χ2n) is 5.44. The Balaban J connectivity index is 2.01. The van der Waals surface area contributed by atoms with Gasteiger partial charge in [-0.3, -0.25) is 4.90 Å². The summed E-state index contributed by atoms with van der Waals surface area (Å²) in [4.78, 5) is 2.60. The summed E-state index contributed by atoms with van der Waals surface area (Å²) in [5, 5.41) is 12.9. The smallest absolute Gasteiger partial charge is 0.0599 e. The van der Waals surface area contributed by atoms with Gasteiger partial charge in [-0.15, -0.1) is 0 Å². The van der Waals surface area contributed by atoms with E-state index < -0.39 is 0 Å². The van der Waals surface area contributed by atoms with Crippen LogP contribution in [0, 0.1) is 0 Å². The third-order valence-electron chi connectivity index (χ3n) is 4.21. The van der Waals surface area contributed by atoms with E-state index in [9.17, 15) is 5.11 Å². The minimum Gasteiger partial charge on any atom is -0.395 e. The van der Waals surface area contributed by atoms with E-state index in [0.717, 1.165) is 19.1 Å². The van der Waals surface area contributed by atoms with Crippen molar-refractivity contribution in [3.05, 3.63) is 0 Å². The molecule has 2 rings (SSSR count). The zero-order valence-electron chi connectivity index (χ0n) is 10.5. The summed E-state index contributed by atoms with van der Waals surface area (Å²) in [6.07, 6.45) is 8.22. The number of rotatable bonds is 2. The van der Waals surface area contributed by atoms with Gasteiger partial charge in [-0.1, -0.05) is 25.7 Å². The van der Waals surface area contributed by atoms with Crippen molar-refractivity contribution in [1.29, 1.82) is 0 Å². The Bertz CT molecular complexity index is 202. The second kappa shape index (κ2) is 5.99. The van der Waals surface area contributed by atoms with Gasteiger partial charge in [0.25, 0.3) is 0 Å². The first kappa shape index (κ1) is 12.3. The van der Waals surface area contributed by atoms with E-state index in [1.54, 1.807) is 0 Å². The molecular weight excluding hydrogens is 200 g/mol. The van der Waals surface area contributed by atoms with Crippen molar-refractivity contribution in [1.82, 2.24) is 10.2 Å². The van der Waals surface area contributed by atoms with Crippen LogP contribution in [0.3, 0.4) is 0 Å². The summed E-state index contributed by atoms with van der Waals surface area (Å²) in [7, 11) is 0. The number of aliphatic hydroxyl groups excluding tert-OH is 1. The van der Waals surface area contributed by atoms with Crippen LogP contribution in [0.4, 0.5) is 0 Å². The minimum absolute atomic E-state index is 0.299. The van der Waals surface area contributed by atoms with Crippen LogP contribution < -0.4 is 5.32 Å². The van der Waals surface area contributed by atoms with Crippen LogP contribution in [0.1, 0.15) is 45.4 Å². The molecule has 0 bridgehead atoms. The molecule has 0 spiro atoms. The molecule has 2 fully saturated rings. The van der Waals surface area contributed by atoms with Gasteiger partial charge in [0, 0.05) is 31.2 Å². The summed E-state index contributed by atoms with van der Waals surface area (Å²) in [5.41, 5.74) is 0. The fourth-order valence-corrected chi connectivity index (χ4v) is 3.40. The zero-order chi connectivity index (χ0) is 11.4. The molecule has 0 aromatic heterocycles. The predicted octanol–water partition coefficient (Wildman–Crippen LogP) is 1.36. The molecule has 2 N–H and O–H groups in total. The highest BCUT2D eigenvalue weighted by atomic mass is 16.3. The predicted molar refractivity (Wildman–Crippen MR) is 66.5 cm³/mol. The highest BCUT2D eigenvalue weighted by Gasteiger charge is 2.32. The van der Waals surface area contributed by atoms with E-state index in [4.69, 9.17) is 0 Å². The summed E-state index contributed by atoms with van der Waals surface area (Å²) in [5.74, 6) is 0. The van der Waals surface area contributed by atoms with Gasteiger partial charge in [0.15, 0.2) is 0 Å². The van der Waals surface area contributed by atoms with Crippen LogP contribution >= 0.6 is 0 Å². The van der Waals surface area contributed by atoms with Crippen LogP contribution in [0.2, 0.25) is 0 Å². The molecule has 3 nitrogen and oxygen atoms in total. The number of hydrogen-bond acceptors (Lipinski definition) is 3. The highest BCUT2D eigenvalue weighted by molar-refractivity contribution is 4.90. The number of nitrogens with zero attached hydrogens (tertiary/aromatic N) is 1. The Morgan fingerprint density at radius 1 is 1.12 bits per heavy atom. The van der Waals surface area contributed by atoms with Crippen LogP contribution in [0.15, 0.2) is 0 Å². The third kappa shape index (κ3) is 2.76. The van der Waals surface area contributed by atoms with E-state index in [2.05, 4.69) is 17.1 Å². The quantitative estimate of drug-likeness (QED) is 0.698. The maximum absolute atomic E-state index is 9.50. The lowest BCUT2D eigenvalue weighted by atomic mass is 10.00.